The molecule has 0 bridgehead atoms. The van der Waals surface area contributed by atoms with Crippen molar-refractivity contribution in [1.29, 1.82) is 0 Å². The molecular formula is C14H32ClNO. The maximum Gasteiger partial charge on any atom is 0.0775 e. The van der Waals surface area contributed by atoms with Crippen LogP contribution in [0.3, 0.4) is 0 Å². The third kappa shape index (κ3) is 18.8. The molecule has 0 aromatic carbocycles. The summed E-state index contributed by atoms with van der Waals surface area (Å²) in [5, 5.41) is 2.21. The van der Waals surface area contributed by atoms with E-state index in [0.717, 1.165) is 19.1 Å². The van der Waals surface area contributed by atoms with E-state index >= 15 is 0 Å². The van der Waals surface area contributed by atoms with E-state index in [1.165, 1.54) is 51.5 Å². The fourth-order valence-electron chi connectivity index (χ4n) is 1.78. The summed E-state index contributed by atoms with van der Waals surface area (Å²) in [6.07, 6.45) is 9.37. The molecule has 0 unspecified atom stereocenters. The number of quaternary nitrogens is 1. The van der Waals surface area contributed by atoms with Crippen molar-refractivity contribution >= 4 is 0 Å². The summed E-state index contributed by atoms with van der Waals surface area (Å²) in [7, 11) is 2.11. The van der Waals surface area contributed by atoms with E-state index in [0.29, 0.717) is 0 Å². The van der Waals surface area contributed by atoms with Crippen LogP contribution >= 0.6 is 0 Å². The van der Waals surface area contributed by atoms with Gasteiger partial charge in [-0.3, -0.25) is 0 Å². The highest BCUT2D eigenvalue weighted by Crippen LogP contribution is 2.10. The molecule has 0 aliphatic carbocycles. The average Bonchev–Trinajstić information content (AvgIpc) is 2.25. The van der Waals surface area contributed by atoms with Crippen molar-refractivity contribution in [3.05, 3.63) is 0 Å². The third-order valence-corrected chi connectivity index (χ3v) is 2.85. The Balaban J connectivity index is 0. The van der Waals surface area contributed by atoms with Gasteiger partial charge < -0.3 is 22.5 Å². The molecule has 0 rings (SSSR count). The molecule has 2 nitrogen and oxygen atoms in total. The first-order valence-electron chi connectivity index (χ1n) is 7.13. The number of rotatable bonds is 12. The van der Waals surface area contributed by atoms with E-state index in [2.05, 4.69) is 26.2 Å². The first-order chi connectivity index (χ1) is 7.77. The Labute approximate surface area is 114 Å². The van der Waals surface area contributed by atoms with E-state index < -0.39 is 0 Å². The predicted octanol–water partition coefficient (Wildman–Crippen LogP) is -0.413. The average molecular weight is 266 g/mol. The van der Waals surface area contributed by atoms with Crippen LogP contribution in [0.1, 0.15) is 58.8 Å². The van der Waals surface area contributed by atoms with Crippen LogP contribution in [0.4, 0.5) is 0 Å². The van der Waals surface area contributed by atoms with Crippen molar-refractivity contribution in [2.24, 2.45) is 5.92 Å². The Bertz CT molecular complexity index is 131. The minimum absolute atomic E-state index is 0. The van der Waals surface area contributed by atoms with Crippen molar-refractivity contribution in [3.8, 4) is 0 Å². The lowest BCUT2D eigenvalue weighted by Crippen LogP contribution is -3.00. The fourth-order valence-corrected chi connectivity index (χ4v) is 1.78. The maximum absolute atomic E-state index is 5.56. The zero-order chi connectivity index (χ0) is 12.1. The van der Waals surface area contributed by atoms with Crippen LogP contribution in [0, 0.1) is 5.92 Å². The van der Waals surface area contributed by atoms with Crippen LogP contribution in [0.25, 0.3) is 0 Å². The van der Waals surface area contributed by atoms with Gasteiger partial charge in [-0.05, 0) is 12.3 Å². The summed E-state index contributed by atoms with van der Waals surface area (Å²) in [4.78, 5) is 0. The molecule has 0 saturated heterocycles. The lowest BCUT2D eigenvalue weighted by molar-refractivity contribution is -0.627. The van der Waals surface area contributed by atoms with Crippen molar-refractivity contribution < 1.29 is 22.5 Å². The van der Waals surface area contributed by atoms with E-state index in [1.807, 2.05) is 0 Å². The van der Waals surface area contributed by atoms with Crippen LogP contribution < -0.4 is 17.7 Å². The van der Waals surface area contributed by atoms with E-state index in [1.54, 1.807) is 0 Å². The molecule has 0 heterocycles. The van der Waals surface area contributed by atoms with Crippen LogP contribution in [0.15, 0.2) is 0 Å². The van der Waals surface area contributed by atoms with Gasteiger partial charge in [-0.25, -0.2) is 0 Å². The number of ether oxygens (including phenoxy) is 1. The van der Waals surface area contributed by atoms with Crippen LogP contribution in [0.2, 0.25) is 0 Å². The van der Waals surface area contributed by atoms with E-state index in [9.17, 15) is 0 Å². The molecule has 0 radical (unpaired) electrons. The van der Waals surface area contributed by atoms with Crippen molar-refractivity contribution in [2.45, 2.75) is 58.8 Å². The zero-order valence-corrected chi connectivity index (χ0v) is 12.8. The van der Waals surface area contributed by atoms with Gasteiger partial charge in [0.25, 0.3) is 0 Å². The Morgan fingerprint density at radius 3 is 2.12 bits per heavy atom. The molecule has 106 valence electrons. The van der Waals surface area contributed by atoms with E-state index in [4.69, 9.17) is 4.74 Å². The van der Waals surface area contributed by atoms with Gasteiger partial charge in [0.1, 0.15) is 0 Å². The summed E-state index contributed by atoms with van der Waals surface area (Å²) in [6.45, 7) is 7.71. The monoisotopic (exact) mass is 265 g/mol. The molecule has 0 aliphatic rings. The zero-order valence-electron chi connectivity index (χ0n) is 12.0. The minimum Gasteiger partial charge on any atom is -1.00 e. The molecule has 2 N–H and O–H groups in total. The fraction of sp³-hybridized carbons (Fsp3) is 1.00. The molecular weight excluding hydrogens is 234 g/mol. The highest BCUT2D eigenvalue weighted by Gasteiger charge is 1.95. The summed E-state index contributed by atoms with van der Waals surface area (Å²) in [5.41, 5.74) is 0. The Morgan fingerprint density at radius 2 is 1.47 bits per heavy atom. The molecule has 3 heteroatoms. The van der Waals surface area contributed by atoms with Crippen LogP contribution in [0.5, 0.6) is 0 Å². The molecule has 0 saturated carbocycles. The van der Waals surface area contributed by atoms with Crippen molar-refractivity contribution in [3.63, 3.8) is 0 Å². The Hall–Kier alpha value is 0.210. The van der Waals surface area contributed by atoms with E-state index in [-0.39, 0.29) is 12.4 Å². The second kappa shape index (κ2) is 16.2. The normalized spacial score (nSPS) is 10.6. The molecule has 0 aromatic heterocycles. The number of halogens is 1. The molecule has 0 aliphatic heterocycles. The van der Waals surface area contributed by atoms with Gasteiger partial charge in [0, 0.05) is 13.0 Å². The number of hydrogen-bond donors (Lipinski definition) is 1. The molecule has 0 fully saturated rings. The quantitative estimate of drug-likeness (QED) is 0.477. The highest BCUT2D eigenvalue weighted by atomic mass is 35.5. The lowest BCUT2D eigenvalue weighted by atomic mass is 10.0. The molecule has 0 aromatic rings. The topological polar surface area (TPSA) is 25.8 Å². The summed E-state index contributed by atoms with van der Waals surface area (Å²) >= 11 is 0. The van der Waals surface area contributed by atoms with Gasteiger partial charge in [-0.2, -0.15) is 0 Å². The SMILES string of the molecule is C[NH2+]CCCOCCCCCCCC(C)C.[Cl-]. The lowest BCUT2D eigenvalue weighted by Gasteiger charge is -2.05. The minimum atomic E-state index is 0. The van der Waals surface area contributed by atoms with Crippen molar-refractivity contribution in [2.75, 3.05) is 26.8 Å². The number of hydrogen-bond acceptors (Lipinski definition) is 1. The Kier molecular flexibility index (Phi) is 18.6. The summed E-state index contributed by atoms with van der Waals surface area (Å²) in [6, 6.07) is 0. The number of nitrogens with two attached hydrogens (primary N) is 1. The molecule has 0 spiro atoms. The smallest absolute Gasteiger partial charge is 0.0775 e. The van der Waals surface area contributed by atoms with Crippen molar-refractivity contribution in [1.82, 2.24) is 0 Å². The van der Waals surface area contributed by atoms with Gasteiger partial charge in [0.05, 0.1) is 20.2 Å². The maximum atomic E-state index is 5.56. The van der Waals surface area contributed by atoms with Gasteiger partial charge in [-0.15, -0.1) is 0 Å². The van der Waals surface area contributed by atoms with Gasteiger partial charge in [-0.1, -0.05) is 46.0 Å². The Morgan fingerprint density at radius 1 is 0.882 bits per heavy atom. The second-order valence-corrected chi connectivity index (χ2v) is 5.11. The predicted molar refractivity (Wildman–Crippen MR) is 70.7 cm³/mol. The third-order valence-electron chi connectivity index (χ3n) is 2.85. The summed E-state index contributed by atoms with van der Waals surface area (Å²) < 4.78 is 5.56. The van der Waals surface area contributed by atoms with Gasteiger partial charge >= 0.3 is 0 Å². The largest absolute Gasteiger partial charge is 1.00 e. The van der Waals surface area contributed by atoms with Crippen LogP contribution in [-0.2, 0) is 4.74 Å². The molecule has 0 atom stereocenters. The summed E-state index contributed by atoms with van der Waals surface area (Å²) in [5.74, 6) is 0.874. The number of unbranched alkanes of at least 4 members (excludes halogenated alkanes) is 4. The molecule has 0 amide bonds. The first-order valence-corrected chi connectivity index (χ1v) is 7.13. The van der Waals surface area contributed by atoms with Gasteiger partial charge in [0.15, 0.2) is 0 Å². The highest BCUT2D eigenvalue weighted by molar-refractivity contribution is 4.48. The van der Waals surface area contributed by atoms with Gasteiger partial charge in [0.2, 0.25) is 0 Å². The standard InChI is InChI=1S/C14H31NO.ClH/c1-14(2)10-7-5-4-6-8-12-16-13-9-11-15-3;/h14-15H,4-13H2,1-3H3;1H. The van der Waals surface area contributed by atoms with Crippen LogP contribution in [-0.4, -0.2) is 26.8 Å². The second-order valence-electron chi connectivity index (χ2n) is 5.11. The molecule has 17 heavy (non-hydrogen) atoms. The first kappa shape index (κ1) is 19.5.